The van der Waals surface area contributed by atoms with Gasteiger partial charge in [0.25, 0.3) is 0 Å². The van der Waals surface area contributed by atoms with Gasteiger partial charge in [0.1, 0.15) is 0 Å². The van der Waals surface area contributed by atoms with Gasteiger partial charge in [0.15, 0.2) is 0 Å². The maximum Gasteiger partial charge on any atom is 0.407 e. The summed E-state index contributed by atoms with van der Waals surface area (Å²) in [5.41, 5.74) is 0. The highest BCUT2D eigenvalue weighted by atomic mass is 16.6. The lowest BCUT2D eigenvalue weighted by atomic mass is 10.4. The molecule has 0 atom stereocenters. The molecule has 0 aromatic carbocycles. The van der Waals surface area contributed by atoms with Gasteiger partial charge in [0.2, 0.25) is 0 Å². The molecule has 0 spiro atoms. The fraction of sp³-hybridized carbons (Fsp3) is 0.625. The summed E-state index contributed by atoms with van der Waals surface area (Å²) in [4.78, 5) is 10.8. The Balaban J connectivity index is 3.30. The second kappa shape index (κ2) is 5.77. The molecule has 64 valence electrons. The Hall–Kier alpha value is -0.990. The van der Waals surface area contributed by atoms with Crippen molar-refractivity contribution in [1.29, 1.82) is 0 Å². The van der Waals surface area contributed by atoms with Gasteiger partial charge < -0.3 is 10.1 Å². The van der Waals surface area contributed by atoms with Crippen molar-refractivity contribution >= 4 is 6.09 Å². The van der Waals surface area contributed by atoms with Crippen molar-refractivity contribution in [1.82, 2.24) is 5.32 Å². The van der Waals surface area contributed by atoms with E-state index < -0.39 is 0 Å². The zero-order valence-corrected chi connectivity index (χ0v) is 7.09. The molecule has 0 fully saturated rings. The maximum absolute atomic E-state index is 10.8. The first-order valence-corrected chi connectivity index (χ1v) is 3.72. The minimum absolute atomic E-state index is 0.0567. The molecule has 0 aliphatic carbocycles. The number of carbonyl (C=O) groups excluding carboxylic acids is 1. The van der Waals surface area contributed by atoms with E-state index in [1.54, 1.807) is 6.08 Å². The molecule has 0 aromatic heterocycles. The van der Waals surface area contributed by atoms with Crippen molar-refractivity contribution < 1.29 is 9.53 Å². The van der Waals surface area contributed by atoms with Crippen LogP contribution in [0.1, 0.15) is 20.3 Å². The molecule has 11 heavy (non-hydrogen) atoms. The van der Waals surface area contributed by atoms with Gasteiger partial charge in [0.05, 0.1) is 6.10 Å². The molecule has 0 bridgehead atoms. The van der Waals surface area contributed by atoms with Gasteiger partial charge in [-0.05, 0) is 20.3 Å². The Morgan fingerprint density at radius 2 is 2.36 bits per heavy atom. The van der Waals surface area contributed by atoms with E-state index in [0.29, 0.717) is 6.54 Å². The van der Waals surface area contributed by atoms with Crippen LogP contribution in [0.25, 0.3) is 0 Å². The van der Waals surface area contributed by atoms with Crippen molar-refractivity contribution in [2.75, 3.05) is 6.54 Å². The summed E-state index contributed by atoms with van der Waals surface area (Å²) in [6.45, 7) is 7.74. The fourth-order valence-corrected chi connectivity index (χ4v) is 0.532. The summed E-state index contributed by atoms with van der Waals surface area (Å²) in [6, 6.07) is 0. The Bertz CT molecular complexity index is 132. The van der Waals surface area contributed by atoms with Crippen molar-refractivity contribution in [3.63, 3.8) is 0 Å². The van der Waals surface area contributed by atoms with Gasteiger partial charge in [-0.15, -0.1) is 6.58 Å². The maximum atomic E-state index is 10.8. The van der Waals surface area contributed by atoms with Crippen LogP contribution in [-0.4, -0.2) is 18.7 Å². The molecule has 0 rings (SSSR count). The number of rotatable bonds is 4. The van der Waals surface area contributed by atoms with Gasteiger partial charge in [-0.2, -0.15) is 0 Å². The zero-order chi connectivity index (χ0) is 8.69. The molecule has 0 unspecified atom stereocenters. The lowest BCUT2D eigenvalue weighted by molar-refractivity contribution is 0.116. The number of ether oxygens (including phenoxy) is 1. The Kier molecular flexibility index (Phi) is 5.25. The van der Waals surface area contributed by atoms with Crippen LogP contribution in [0.5, 0.6) is 0 Å². The third-order valence-corrected chi connectivity index (χ3v) is 0.961. The third-order valence-electron chi connectivity index (χ3n) is 0.961. The molecule has 0 heterocycles. The average molecular weight is 157 g/mol. The zero-order valence-electron chi connectivity index (χ0n) is 7.09. The molecular weight excluding hydrogens is 142 g/mol. The van der Waals surface area contributed by atoms with E-state index in [-0.39, 0.29) is 12.2 Å². The van der Waals surface area contributed by atoms with E-state index in [1.165, 1.54) is 0 Å². The molecule has 0 saturated carbocycles. The normalized spacial score (nSPS) is 9.36. The minimum Gasteiger partial charge on any atom is -0.447 e. The largest absolute Gasteiger partial charge is 0.447 e. The van der Waals surface area contributed by atoms with Crippen molar-refractivity contribution in [2.45, 2.75) is 26.4 Å². The van der Waals surface area contributed by atoms with E-state index in [0.717, 1.165) is 6.42 Å². The second-order valence-electron chi connectivity index (χ2n) is 2.46. The molecule has 3 heteroatoms. The number of nitrogens with one attached hydrogen (secondary N) is 1. The van der Waals surface area contributed by atoms with Crippen LogP contribution >= 0.6 is 0 Å². The average Bonchev–Trinajstić information content (AvgIpc) is 1.86. The van der Waals surface area contributed by atoms with E-state index >= 15 is 0 Å². The minimum atomic E-state index is -0.359. The molecule has 0 aliphatic rings. The summed E-state index contributed by atoms with van der Waals surface area (Å²) < 4.78 is 4.81. The Morgan fingerprint density at radius 3 is 2.82 bits per heavy atom. The topological polar surface area (TPSA) is 38.3 Å². The molecular formula is C8H15NO2. The SMILES string of the molecule is C=CCCNC(=O)OC(C)C. The highest BCUT2D eigenvalue weighted by Gasteiger charge is 2.01. The first-order chi connectivity index (χ1) is 5.16. The summed E-state index contributed by atoms with van der Waals surface area (Å²) >= 11 is 0. The highest BCUT2D eigenvalue weighted by Crippen LogP contribution is 1.87. The van der Waals surface area contributed by atoms with E-state index in [1.807, 2.05) is 13.8 Å². The summed E-state index contributed by atoms with van der Waals surface area (Å²) in [6.07, 6.45) is 2.10. The van der Waals surface area contributed by atoms with Crippen LogP contribution in [0.2, 0.25) is 0 Å². The van der Waals surface area contributed by atoms with Crippen molar-refractivity contribution in [3.05, 3.63) is 12.7 Å². The molecule has 0 aromatic rings. The Morgan fingerprint density at radius 1 is 1.73 bits per heavy atom. The lowest BCUT2D eigenvalue weighted by Gasteiger charge is -2.07. The van der Waals surface area contributed by atoms with Crippen LogP contribution in [0, 0.1) is 0 Å². The van der Waals surface area contributed by atoms with E-state index in [9.17, 15) is 4.79 Å². The number of hydrogen-bond acceptors (Lipinski definition) is 2. The summed E-state index contributed by atoms with van der Waals surface area (Å²) in [5.74, 6) is 0. The molecule has 1 amide bonds. The van der Waals surface area contributed by atoms with Gasteiger partial charge in [-0.25, -0.2) is 4.79 Å². The lowest BCUT2D eigenvalue weighted by Crippen LogP contribution is -2.27. The van der Waals surface area contributed by atoms with Crippen molar-refractivity contribution in [3.8, 4) is 0 Å². The van der Waals surface area contributed by atoms with Gasteiger partial charge in [0, 0.05) is 6.54 Å². The first kappa shape index (κ1) is 10.0. The molecule has 1 N–H and O–H groups in total. The van der Waals surface area contributed by atoms with Crippen LogP contribution in [0.15, 0.2) is 12.7 Å². The standard InChI is InChI=1S/C8H15NO2/c1-4-5-6-9-8(10)11-7(2)3/h4,7H,1,5-6H2,2-3H3,(H,9,10). The van der Waals surface area contributed by atoms with Crippen LogP contribution in [-0.2, 0) is 4.74 Å². The second-order valence-corrected chi connectivity index (χ2v) is 2.46. The van der Waals surface area contributed by atoms with Crippen LogP contribution < -0.4 is 5.32 Å². The molecule has 0 radical (unpaired) electrons. The van der Waals surface area contributed by atoms with Crippen LogP contribution in [0.4, 0.5) is 4.79 Å². The molecule has 0 saturated heterocycles. The predicted octanol–water partition coefficient (Wildman–Crippen LogP) is 1.70. The van der Waals surface area contributed by atoms with Gasteiger partial charge in [-0.3, -0.25) is 0 Å². The number of amides is 1. The number of hydrogen-bond donors (Lipinski definition) is 1. The molecule has 0 aliphatic heterocycles. The van der Waals surface area contributed by atoms with Gasteiger partial charge >= 0.3 is 6.09 Å². The van der Waals surface area contributed by atoms with Crippen molar-refractivity contribution in [2.24, 2.45) is 0 Å². The third kappa shape index (κ3) is 6.90. The highest BCUT2D eigenvalue weighted by molar-refractivity contribution is 5.67. The summed E-state index contributed by atoms with van der Waals surface area (Å²) in [7, 11) is 0. The number of carbonyl (C=O) groups is 1. The predicted molar refractivity (Wildman–Crippen MR) is 44.4 cm³/mol. The first-order valence-electron chi connectivity index (χ1n) is 3.72. The molecule has 3 nitrogen and oxygen atoms in total. The smallest absolute Gasteiger partial charge is 0.407 e. The monoisotopic (exact) mass is 157 g/mol. The Labute approximate surface area is 67.4 Å². The quantitative estimate of drug-likeness (QED) is 0.498. The van der Waals surface area contributed by atoms with E-state index in [2.05, 4.69) is 11.9 Å². The fourth-order valence-electron chi connectivity index (χ4n) is 0.532. The van der Waals surface area contributed by atoms with Gasteiger partial charge in [-0.1, -0.05) is 6.08 Å². The van der Waals surface area contributed by atoms with E-state index in [4.69, 9.17) is 4.74 Å². The van der Waals surface area contributed by atoms with Crippen LogP contribution in [0.3, 0.4) is 0 Å². The number of alkyl carbamates (subject to hydrolysis) is 1. The summed E-state index contributed by atoms with van der Waals surface area (Å²) in [5, 5.41) is 2.58.